The second-order valence-corrected chi connectivity index (χ2v) is 2.64. The van der Waals surface area contributed by atoms with Crippen molar-refractivity contribution in [3.05, 3.63) is 36.1 Å². The Morgan fingerprint density at radius 1 is 1.33 bits per heavy atom. The molecular weight excluding hydrogens is 146 g/mol. The molecule has 12 heavy (non-hydrogen) atoms. The Morgan fingerprint density at radius 2 is 2.08 bits per heavy atom. The first kappa shape index (κ1) is 11.0. The SMILES string of the molecule is C/C=C/C=C\C(=C\NC)CCC. The number of nitrogens with one attached hydrogen (secondary N) is 1. The Balaban J connectivity index is 4.03. The molecule has 0 heterocycles. The zero-order valence-electron chi connectivity index (χ0n) is 8.30. The maximum absolute atomic E-state index is 3.04. The molecule has 68 valence electrons. The average molecular weight is 165 g/mol. The fourth-order valence-corrected chi connectivity index (χ4v) is 0.968. The van der Waals surface area contributed by atoms with Crippen LogP contribution >= 0.6 is 0 Å². The van der Waals surface area contributed by atoms with Gasteiger partial charge in [0.2, 0.25) is 0 Å². The molecule has 0 aliphatic carbocycles. The Bertz CT molecular complexity index is 175. The van der Waals surface area contributed by atoms with Crippen molar-refractivity contribution in [2.24, 2.45) is 0 Å². The molecule has 0 radical (unpaired) electrons. The molecule has 0 atom stereocenters. The Kier molecular flexibility index (Phi) is 7.46. The van der Waals surface area contributed by atoms with Crippen molar-refractivity contribution in [3.63, 3.8) is 0 Å². The third kappa shape index (κ3) is 5.78. The van der Waals surface area contributed by atoms with E-state index in [1.807, 2.05) is 32.3 Å². The first-order valence-electron chi connectivity index (χ1n) is 4.50. The predicted octanol–water partition coefficient (Wildman–Crippen LogP) is 3.02. The van der Waals surface area contributed by atoms with Crippen LogP contribution in [0.15, 0.2) is 36.1 Å². The fraction of sp³-hybridized carbons (Fsp3) is 0.455. The molecule has 0 aromatic rings. The summed E-state index contributed by atoms with van der Waals surface area (Å²) in [6.07, 6.45) is 12.6. The lowest BCUT2D eigenvalue weighted by atomic mass is 10.1. The summed E-state index contributed by atoms with van der Waals surface area (Å²) in [7, 11) is 1.93. The molecule has 0 fully saturated rings. The minimum atomic E-state index is 1.13. The fourth-order valence-electron chi connectivity index (χ4n) is 0.968. The molecule has 0 aliphatic rings. The van der Waals surface area contributed by atoms with Crippen LogP contribution in [0.4, 0.5) is 0 Å². The van der Waals surface area contributed by atoms with Crippen LogP contribution in [0, 0.1) is 0 Å². The molecule has 1 heteroatoms. The van der Waals surface area contributed by atoms with Crippen LogP contribution in [-0.4, -0.2) is 7.05 Å². The van der Waals surface area contributed by atoms with Gasteiger partial charge in [0.25, 0.3) is 0 Å². The van der Waals surface area contributed by atoms with Gasteiger partial charge in [0.15, 0.2) is 0 Å². The van der Waals surface area contributed by atoms with Gasteiger partial charge in [0.1, 0.15) is 0 Å². The molecule has 1 N–H and O–H groups in total. The van der Waals surface area contributed by atoms with E-state index in [1.165, 1.54) is 12.0 Å². The first-order chi connectivity index (χ1) is 5.85. The molecular formula is C11H19N. The van der Waals surface area contributed by atoms with Gasteiger partial charge in [-0.05, 0) is 25.1 Å². The topological polar surface area (TPSA) is 12.0 Å². The molecule has 0 aromatic carbocycles. The van der Waals surface area contributed by atoms with Gasteiger partial charge >= 0.3 is 0 Å². The third-order valence-corrected chi connectivity index (χ3v) is 1.48. The highest BCUT2D eigenvalue weighted by Crippen LogP contribution is 2.04. The van der Waals surface area contributed by atoms with Gasteiger partial charge in [0, 0.05) is 7.05 Å². The highest BCUT2D eigenvalue weighted by atomic mass is 14.8. The standard InChI is InChI=1S/C11H19N/c1-4-6-7-9-11(8-5-2)10-12-3/h4,6-7,9-10,12H,5,8H2,1-3H3/b6-4+,9-7-,11-10+. The summed E-state index contributed by atoms with van der Waals surface area (Å²) in [5, 5.41) is 3.04. The van der Waals surface area contributed by atoms with E-state index >= 15 is 0 Å². The van der Waals surface area contributed by atoms with E-state index in [1.54, 1.807) is 0 Å². The van der Waals surface area contributed by atoms with Gasteiger partial charge in [-0.15, -0.1) is 0 Å². The van der Waals surface area contributed by atoms with Crippen LogP contribution in [-0.2, 0) is 0 Å². The largest absolute Gasteiger partial charge is 0.394 e. The minimum Gasteiger partial charge on any atom is -0.394 e. The Hall–Kier alpha value is -0.980. The van der Waals surface area contributed by atoms with Crippen LogP contribution in [0.5, 0.6) is 0 Å². The van der Waals surface area contributed by atoms with Crippen molar-refractivity contribution in [1.82, 2.24) is 5.32 Å². The van der Waals surface area contributed by atoms with Crippen LogP contribution in [0.3, 0.4) is 0 Å². The lowest BCUT2D eigenvalue weighted by Crippen LogP contribution is -1.94. The van der Waals surface area contributed by atoms with Crippen molar-refractivity contribution >= 4 is 0 Å². The monoisotopic (exact) mass is 165 g/mol. The van der Waals surface area contributed by atoms with E-state index in [2.05, 4.69) is 24.4 Å². The zero-order valence-corrected chi connectivity index (χ0v) is 8.30. The molecule has 0 spiro atoms. The summed E-state index contributed by atoms with van der Waals surface area (Å²) in [5.41, 5.74) is 1.35. The van der Waals surface area contributed by atoms with Crippen molar-refractivity contribution in [3.8, 4) is 0 Å². The minimum absolute atomic E-state index is 1.13. The van der Waals surface area contributed by atoms with Gasteiger partial charge in [-0.2, -0.15) is 0 Å². The highest BCUT2D eigenvalue weighted by Gasteiger charge is 1.87. The molecule has 0 amide bonds. The molecule has 1 nitrogen and oxygen atoms in total. The van der Waals surface area contributed by atoms with Crippen molar-refractivity contribution in [1.29, 1.82) is 0 Å². The lowest BCUT2D eigenvalue weighted by molar-refractivity contribution is 0.908. The summed E-state index contributed by atoms with van der Waals surface area (Å²) in [6, 6.07) is 0. The van der Waals surface area contributed by atoms with Gasteiger partial charge < -0.3 is 5.32 Å². The maximum atomic E-state index is 3.04. The van der Waals surface area contributed by atoms with E-state index in [4.69, 9.17) is 0 Å². The normalized spacial score (nSPS) is 13.1. The van der Waals surface area contributed by atoms with E-state index in [-0.39, 0.29) is 0 Å². The summed E-state index contributed by atoms with van der Waals surface area (Å²) >= 11 is 0. The predicted molar refractivity (Wildman–Crippen MR) is 56.0 cm³/mol. The van der Waals surface area contributed by atoms with Crippen LogP contribution in [0.1, 0.15) is 26.7 Å². The first-order valence-corrected chi connectivity index (χ1v) is 4.50. The Labute approximate surface area is 75.9 Å². The van der Waals surface area contributed by atoms with Crippen molar-refractivity contribution in [2.45, 2.75) is 26.7 Å². The van der Waals surface area contributed by atoms with Crippen LogP contribution in [0.25, 0.3) is 0 Å². The van der Waals surface area contributed by atoms with Crippen molar-refractivity contribution < 1.29 is 0 Å². The smallest absolute Gasteiger partial charge is 0.00278 e. The number of allylic oxidation sites excluding steroid dienone is 5. The van der Waals surface area contributed by atoms with Gasteiger partial charge in [-0.1, -0.05) is 37.6 Å². The molecule has 0 rings (SSSR count). The third-order valence-electron chi connectivity index (χ3n) is 1.48. The summed E-state index contributed by atoms with van der Waals surface area (Å²) in [5.74, 6) is 0. The number of hydrogen-bond acceptors (Lipinski definition) is 1. The molecule has 0 bridgehead atoms. The number of rotatable bonds is 5. The highest BCUT2D eigenvalue weighted by molar-refractivity contribution is 5.21. The van der Waals surface area contributed by atoms with E-state index < -0.39 is 0 Å². The molecule has 0 saturated carbocycles. The average Bonchev–Trinajstić information content (AvgIpc) is 2.06. The second-order valence-electron chi connectivity index (χ2n) is 2.64. The molecule has 0 aliphatic heterocycles. The van der Waals surface area contributed by atoms with Crippen LogP contribution < -0.4 is 5.32 Å². The van der Waals surface area contributed by atoms with E-state index in [9.17, 15) is 0 Å². The summed E-state index contributed by atoms with van der Waals surface area (Å²) < 4.78 is 0. The van der Waals surface area contributed by atoms with Gasteiger partial charge in [0.05, 0.1) is 0 Å². The van der Waals surface area contributed by atoms with Gasteiger partial charge in [-0.25, -0.2) is 0 Å². The van der Waals surface area contributed by atoms with E-state index in [0.717, 1.165) is 6.42 Å². The number of hydrogen-bond donors (Lipinski definition) is 1. The maximum Gasteiger partial charge on any atom is 0.00278 e. The lowest BCUT2D eigenvalue weighted by Gasteiger charge is -1.97. The zero-order chi connectivity index (χ0) is 9.23. The second kappa shape index (κ2) is 8.12. The Morgan fingerprint density at radius 3 is 2.58 bits per heavy atom. The molecule has 0 aromatic heterocycles. The van der Waals surface area contributed by atoms with Crippen molar-refractivity contribution in [2.75, 3.05) is 7.05 Å². The summed E-state index contributed by atoms with van der Waals surface area (Å²) in [4.78, 5) is 0. The molecule has 0 unspecified atom stereocenters. The summed E-state index contributed by atoms with van der Waals surface area (Å²) in [6.45, 7) is 4.21. The van der Waals surface area contributed by atoms with Crippen LogP contribution in [0.2, 0.25) is 0 Å². The van der Waals surface area contributed by atoms with E-state index in [0.29, 0.717) is 0 Å². The molecule has 0 saturated heterocycles. The van der Waals surface area contributed by atoms with Gasteiger partial charge in [-0.3, -0.25) is 0 Å². The quantitative estimate of drug-likeness (QED) is 0.617.